The maximum atomic E-state index is 12.4. The Hall–Kier alpha value is -2.04. The van der Waals surface area contributed by atoms with Crippen molar-refractivity contribution in [2.45, 2.75) is 19.4 Å². The Kier molecular flexibility index (Phi) is 5.07. The second-order valence-corrected chi connectivity index (χ2v) is 6.60. The van der Waals surface area contributed by atoms with Gasteiger partial charge >= 0.3 is 0 Å². The van der Waals surface area contributed by atoms with E-state index in [2.05, 4.69) is 5.32 Å². The number of hydrogen-bond donors (Lipinski definition) is 1. The Balaban J connectivity index is 1.73. The molecule has 1 N–H and O–H groups in total. The van der Waals surface area contributed by atoms with Crippen LogP contribution in [0.2, 0.25) is 10.0 Å². The van der Waals surface area contributed by atoms with Gasteiger partial charge in [0.05, 0.1) is 0 Å². The van der Waals surface area contributed by atoms with Crippen molar-refractivity contribution in [2.75, 3.05) is 11.9 Å². The molecule has 1 aliphatic heterocycles. The lowest BCUT2D eigenvalue weighted by molar-refractivity contribution is -0.128. The number of likely N-dealkylation sites (tertiary alicyclic amines) is 1. The number of carbonyl (C=O) groups is 2. The molecule has 1 aliphatic rings. The number of amides is 2. The molecule has 0 spiro atoms. The summed E-state index contributed by atoms with van der Waals surface area (Å²) in [5.41, 5.74) is 2.00. The van der Waals surface area contributed by atoms with Crippen LogP contribution in [-0.4, -0.2) is 23.3 Å². The molecule has 0 radical (unpaired) electrons. The quantitative estimate of drug-likeness (QED) is 0.877. The van der Waals surface area contributed by atoms with E-state index in [9.17, 15) is 9.59 Å². The first-order valence-corrected chi connectivity index (χ1v) is 8.41. The van der Waals surface area contributed by atoms with Gasteiger partial charge in [-0.2, -0.15) is 0 Å². The van der Waals surface area contributed by atoms with Crippen LogP contribution in [0.4, 0.5) is 5.69 Å². The second-order valence-electron chi connectivity index (χ2n) is 5.73. The Morgan fingerprint density at radius 3 is 2.54 bits per heavy atom. The largest absolute Gasteiger partial charge is 0.338 e. The van der Waals surface area contributed by atoms with E-state index in [0.717, 1.165) is 18.5 Å². The van der Waals surface area contributed by atoms with Crippen LogP contribution in [0.5, 0.6) is 0 Å². The highest BCUT2D eigenvalue weighted by Gasteiger charge is 2.20. The molecule has 1 fully saturated rings. The SMILES string of the molecule is O=C(Nc1cc(Cl)cc(Cl)c1)c1cccc(CN2CCCC2=O)c1. The van der Waals surface area contributed by atoms with Gasteiger partial charge in [-0.3, -0.25) is 9.59 Å². The third-order valence-corrected chi connectivity index (χ3v) is 4.29. The van der Waals surface area contributed by atoms with Gasteiger partial charge in [-0.1, -0.05) is 35.3 Å². The second kappa shape index (κ2) is 7.24. The summed E-state index contributed by atoms with van der Waals surface area (Å²) in [6.07, 6.45) is 1.50. The summed E-state index contributed by atoms with van der Waals surface area (Å²) in [5.74, 6) is -0.0821. The van der Waals surface area contributed by atoms with Crippen molar-refractivity contribution in [1.29, 1.82) is 0 Å². The third-order valence-electron chi connectivity index (χ3n) is 3.85. The summed E-state index contributed by atoms with van der Waals surface area (Å²) in [6, 6.07) is 12.1. The molecule has 2 aromatic carbocycles. The van der Waals surface area contributed by atoms with Crippen molar-refractivity contribution in [1.82, 2.24) is 4.90 Å². The van der Waals surface area contributed by atoms with Gasteiger partial charge in [0.2, 0.25) is 5.91 Å². The van der Waals surface area contributed by atoms with Crippen LogP contribution in [-0.2, 0) is 11.3 Å². The van der Waals surface area contributed by atoms with E-state index in [1.54, 1.807) is 30.3 Å². The highest BCUT2D eigenvalue weighted by molar-refractivity contribution is 6.35. The zero-order valence-corrected chi connectivity index (χ0v) is 14.4. The number of nitrogens with zero attached hydrogens (tertiary/aromatic N) is 1. The van der Waals surface area contributed by atoms with Crippen LogP contribution in [0, 0.1) is 0 Å². The van der Waals surface area contributed by atoms with E-state index < -0.39 is 0 Å². The average Bonchev–Trinajstić information content (AvgIpc) is 2.91. The van der Waals surface area contributed by atoms with Gasteiger partial charge in [-0.15, -0.1) is 0 Å². The lowest BCUT2D eigenvalue weighted by Gasteiger charge is -2.16. The number of rotatable bonds is 4. The Labute approximate surface area is 150 Å². The summed E-state index contributed by atoms with van der Waals surface area (Å²) < 4.78 is 0. The van der Waals surface area contributed by atoms with Crippen LogP contribution in [0.25, 0.3) is 0 Å². The number of carbonyl (C=O) groups excluding carboxylic acids is 2. The fourth-order valence-corrected chi connectivity index (χ4v) is 3.26. The van der Waals surface area contributed by atoms with Gasteiger partial charge in [0.25, 0.3) is 5.91 Å². The summed E-state index contributed by atoms with van der Waals surface area (Å²) in [7, 11) is 0. The van der Waals surface area contributed by atoms with Crippen molar-refractivity contribution in [2.24, 2.45) is 0 Å². The predicted molar refractivity (Wildman–Crippen MR) is 95.5 cm³/mol. The molecule has 2 aromatic rings. The number of nitrogens with one attached hydrogen (secondary N) is 1. The summed E-state index contributed by atoms with van der Waals surface area (Å²) >= 11 is 11.9. The molecule has 24 heavy (non-hydrogen) atoms. The molecule has 0 saturated carbocycles. The summed E-state index contributed by atoms with van der Waals surface area (Å²) in [6.45, 7) is 1.30. The van der Waals surface area contributed by atoms with Crippen LogP contribution < -0.4 is 5.32 Å². The first-order valence-electron chi connectivity index (χ1n) is 7.65. The standard InChI is InChI=1S/C18H16Cl2N2O2/c19-14-8-15(20)10-16(9-14)21-18(24)13-4-1-3-12(7-13)11-22-6-2-5-17(22)23/h1,3-4,7-10H,2,5-6,11H2,(H,21,24). The highest BCUT2D eigenvalue weighted by atomic mass is 35.5. The predicted octanol–water partition coefficient (Wildman–Crippen LogP) is 4.37. The molecule has 124 valence electrons. The maximum Gasteiger partial charge on any atom is 0.255 e. The molecular weight excluding hydrogens is 347 g/mol. The third kappa shape index (κ3) is 4.08. The molecule has 1 heterocycles. The van der Waals surface area contributed by atoms with Crippen LogP contribution in [0.1, 0.15) is 28.8 Å². The lowest BCUT2D eigenvalue weighted by atomic mass is 10.1. The van der Waals surface area contributed by atoms with Gasteiger partial charge in [-0.25, -0.2) is 0 Å². The van der Waals surface area contributed by atoms with Gasteiger partial charge in [-0.05, 0) is 42.3 Å². The van der Waals surface area contributed by atoms with E-state index in [-0.39, 0.29) is 11.8 Å². The zero-order chi connectivity index (χ0) is 17.1. The number of halogens is 2. The molecule has 0 aliphatic carbocycles. The zero-order valence-electron chi connectivity index (χ0n) is 12.9. The Morgan fingerprint density at radius 2 is 1.88 bits per heavy atom. The molecule has 0 bridgehead atoms. The fraction of sp³-hybridized carbons (Fsp3) is 0.222. The number of benzene rings is 2. The molecule has 4 nitrogen and oxygen atoms in total. The normalized spacial score (nSPS) is 14.1. The molecule has 0 unspecified atom stereocenters. The van der Waals surface area contributed by atoms with Crippen molar-refractivity contribution in [3.05, 3.63) is 63.6 Å². The molecule has 0 aromatic heterocycles. The molecule has 2 amide bonds. The molecule has 0 atom stereocenters. The Morgan fingerprint density at radius 1 is 1.12 bits per heavy atom. The van der Waals surface area contributed by atoms with Crippen molar-refractivity contribution < 1.29 is 9.59 Å². The minimum absolute atomic E-state index is 0.165. The monoisotopic (exact) mass is 362 g/mol. The van der Waals surface area contributed by atoms with Gasteiger partial charge < -0.3 is 10.2 Å². The van der Waals surface area contributed by atoms with Crippen LogP contribution >= 0.6 is 23.2 Å². The van der Waals surface area contributed by atoms with E-state index in [4.69, 9.17) is 23.2 Å². The van der Waals surface area contributed by atoms with Gasteiger partial charge in [0.15, 0.2) is 0 Å². The Bertz CT molecular complexity index is 772. The number of anilines is 1. The van der Waals surface area contributed by atoms with E-state index in [1.165, 1.54) is 0 Å². The maximum absolute atomic E-state index is 12.4. The molecular formula is C18H16Cl2N2O2. The van der Waals surface area contributed by atoms with Crippen molar-refractivity contribution in [3.63, 3.8) is 0 Å². The topological polar surface area (TPSA) is 49.4 Å². The number of hydrogen-bond acceptors (Lipinski definition) is 2. The molecule has 1 saturated heterocycles. The van der Waals surface area contributed by atoms with E-state index in [0.29, 0.717) is 34.3 Å². The summed E-state index contributed by atoms with van der Waals surface area (Å²) in [4.78, 5) is 25.9. The van der Waals surface area contributed by atoms with Crippen LogP contribution in [0.3, 0.4) is 0 Å². The smallest absolute Gasteiger partial charge is 0.255 e. The molecule has 6 heteroatoms. The van der Waals surface area contributed by atoms with Crippen molar-refractivity contribution in [3.8, 4) is 0 Å². The average molecular weight is 363 g/mol. The minimum Gasteiger partial charge on any atom is -0.338 e. The minimum atomic E-state index is -0.247. The fourth-order valence-electron chi connectivity index (χ4n) is 2.73. The van der Waals surface area contributed by atoms with Gasteiger partial charge in [0.1, 0.15) is 0 Å². The first kappa shape index (κ1) is 16.8. The first-order chi connectivity index (χ1) is 11.5. The van der Waals surface area contributed by atoms with Crippen LogP contribution in [0.15, 0.2) is 42.5 Å². The van der Waals surface area contributed by atoms with E-state index >= 15 is 0 Å². The van der Waals surface area contributed by atoms with Crippen molar-refractivity contribution >= 4 is 40.7 Å². The lowest BCUT2D eigenvalue weighted by Crippen LogP contribution is -2.24. The van der Waals surface area contributed by atoms with E-state index in [1.807, 2.05) is 17.0 Å². The molecule has 3 rings (SSSR count). The highest BCUT2D eigenvalue weighted by Crippen LogP contribution is 2.23. The van der Waals surface area contributed by atoms with Gasteiger partial charge in [0, 0.05) is 40.8 Å². The summed E-state index contributed by atoms with van der Waals surface area (Å²) in [5, 5.41) is 3.70.